The Bertz CT molecular complexity index is 493. The van der Waals surface area contributed by atoms with Gasteiger partial charge in [0.25, 0.3) is 5.91 Å². The summed E-state index contributed by atoms with van der Waals surface area (Å²) < 4.78 is 13.2. The summed E-state index contributed by atoms with van der Waals surface area (Å²) in [5.41, 5.74) is 0.452. The summed E-state index contributed by atoms with van der Waals surface area (Å²) >= 11 is 0. The minimum absolute atomic E-state index is 0.0526. The molecule has 1 aromatic rings. The topological polar surface area (TPSA) is 23.6 Å². The maximum atomic E-state index is 13.2. The van der Waals surface area contributed by atoms with Crippen LogP contribution in [-0.4, -0.2) is 47.9 Å². The summed E-state index contributed by atoms with van der Waals surface area (Å²) in [5.74, 6) is 0.459. The summed E-state index contributed by atoms with van der Waals surface area (Å²) in [4.78, 5) is 16.6. The molecule has 0 bridgehead atoms. The zero-order chi connectivity index (χ0) is 14.1. The summed E-state index contributed by atoms with van der Waals surface area (Å²) in [7, 11) is 0. The highest BCUT2D eigenvalue weighted by Crippen LogP contribution is 2.35. The Hall–Kier alpha value is -1.42. The van der Waals surface area contributed by atoms with Crippen LogP contribution in [0.5, 0.6) is 0 Å². The van der Waals surface area contributed by atoms with Crippen LogP contribution in [0.1, 0.15) is 30.1 Å². The molecule has 20 heavy (non-hydrogen) atoms. The number of carbonyl (C=O) groups excluding carboxylic acids is 1. The average molecular weight is 276 g/mol. The molecule has 1 unspecified atom stereocenters. The van der Waals surface area contributed by atoms with Gasteiger partial charge in [0, 0.05) is 37.8 Å². The Kier molecular flexibility index (Phi) is 3.74. The molecule has 0 radical (unpaired) electrons. The first-order chi connectivity index (χ1) is 9.65. The van der Waals surface area contributed by atoms with E-state index in [1.54, 1.807) is 12.1 Å². The second-order valence-electron chi connectivity index (χ2n) is 5.92. The maximum absolute atomic E-state index is 13.2. The van der Waals surface area contributed by atoms with Crippen LogP contribution in [0.2, 0.25) is 0 Å². The number of hydrogen-bond donors (Lipinski definition) is 0. The van der Waals surface area contributed by atoms with E-state index in [1.807, 2.05) is 4.90 Å². The van der Waals surface area contributed by atoms with Crippen molar-refractivity contribution in [3.05, 3.63) is 35.6 Å². The fourth-order valence-corrected chi connectivity index (χ4v) is 3.01. The highest BCUT2D eigenvalue weighted by atomic mass is 19.1. The van der Waals surface area contributed by atoms with Crippen molar-refractivity contribution in [1.29, 1.82) is 0 Å². The Morgan fingerprint density at radius 3 is 2.55 bits per heavy atom. The molecule has 108 valence electrons. The van der Waals surface area contributed by atoms with Crippen molar-refractivity contribution >= 4 is 5.91 Å². The van der Waals surface area contributed by atoms with E-state index < -0.39 is 0 Å². The van der Waals surface area contributed by atoms with Gasteiger partial charge in [0.15, 0.2) is 0 Å². The number of carbonyl (C=O) groups is 1. The molecule has 2 fully saturated rings. The van der Waals surface area contributed by atoms with Crippen LogP contribution in [-0.2, 0) is 0 Å². The number of rotatable bonds is 3. The van der Waals surface area contributed by atoms with Crippen LogP contribution in [0.15, 0.2) is 24.3 Å². The molecule has 0 spiro atoms. The van der Waals surface area contributed by atoms with Crippen molar-refractivity contribution in [3.63, 3.8) is 0 Å². The predicted molar refractivity (Wildman–Crippen MR) is 76.1 cm³/mol. The van der Waals surface area contributed by atoms with Gasteiger partial charge in [-0.05, 0) is 43.9 Å². The van der Waals surface area contributed by atoms with E-state index in [9.17, 15) is 9.18 Å². The standard InChI is InChI=1S/C16H21FN2O/c1-12(13-5-6-13)18-7-9-19(10-8-18)16(20)14-3-2-4-15(17)11-14/h2-4,11-13H,5-10H2,1H3. The second-order valence-corrected chi connectivity index (χ2v) is 5.92. The van der Waals surface area contributed by atoms with Gasteiger partial charge in [-0.3, -0.25) is 9.69 Å². The maximum Gasteiger partial charge on any atom is 0.254 e. The van der Waals surface area contributed by atoms with Crippen LogP contribution in [0.4, 0.5) is 4.39 Å². The van der Waals surface area contributed by atoms with Crippen molar-refractivity contribution in [1.82, 2.24) is 9.80 Å². The molecule has 3 rings (SSSR count). The van der Waals surface area contributed by atoms with E-state index >= 15 is 0 Å². The highest BCUT2D eigenvalue weighted by Gasteiger charge is 2.34. The van der Waals surface area contributed by atoms with E-state index in [-0.39, 0.29) is 11.7 Å². The molecule has 1 saturated carbocycles. The van der Waals surface area contributed by atoms with E-state index in [0.717, 1.165) is 32.1 Å². The van der Waals surface area contributed by atoms with Gasteiger partial charge in [-0.2, -0.15) is 0 Å². The molecule has 1 aliphatic heterocycles. The normalized spacial score (nSPS) is 21.8. The van der Waals surface area contributed by atoms with Gasteiger partial charge in [-0.1, -0.05) is 6.07 Å². The van der Waals surface area contributed by atoms with Crippen molar-refractivity contribution in [2.75, 3.05) is 26.2 Å². The van der Waals surface area contributed by atoms with Crippen molar-refractivity contribution in [2.45, 2.75) is 25.8 Å². The lowest BCUT2D eigenvalue weighted by Gasteiger charge is -2.38. The SMILES string of the molecule is CC(C1CC1)N1CCN(C(=O)c2cccc(F)c2)CC1. The monoisotopic (exact) mass is 276 g/mol. The summed E-state index contributed by atoms with van der Waals surface area (Å²) in [6.07, 6.45) is 2.70. The lowest BCUT2D eigenvalue weighted by Crippen LogP contribution is -2.51. The lowest BCUT2D eigenvalue weighted by molar-refractivity contribution is 0.0563. The third-order valence-electron chi connectivity index (χ3n) is 4.55. The van der Waals surface area contributed by atoms with E-state index in [2.05, 4.69) is 11.8 Å². The first-order valence-electron chi connectivity index (χ1n) is 7.44. The van der Waals surface area contributed by atoms with Gasteiger partial charge < -0.3 is 4.90 Å². The summed E-state index contributed by atoms with van der Waals surface area (Å²) in [6, 6.07) is 6.60. The van der Waals surface area contributed by atoms with Crippen molar-refractivity contribution in [2.24, 2.45) is 5.92 Å². The third-order valence-corrected chi connectivity index (χ3v) is 4.55. The zero-order valence-electron chi connectivity index (χ0n) is 11.9. The molecule has 1 heterocycles. The van der Waals surface area contributed by atoms with Crippen LogP contribution in [0, 0.1) is 11.7 Å². The quantitative estimate of drug-likeness (QED) is 0.846. The molecule has 0 aromatic heterocycles. The van der Waals surface area contributed by atoms with Gasteiger partial charge in [0.2, 0.25) is 0 Å². The fraction of sp³-hybridized carbons (Fsp3) is 0.562. The van der Waals surface area contributed by atoms with Gasteiger partial charge >= 0.3 is 0 Å². The first kappa shape index (κ1) is 13.6. The summed E-state index contributed by atoms with van der Waals surface area (Å²) in [6.45, 7) is 5.64. The number of halogens is 1. The predicted octanol–water partition coefficient (Wildman–Crippen LogP) is 2.38. The molecular formula is C16H21FN2O. The van der Waals surface area contributed by atoms with Gasteiger partial charge in [-0.15, -0.1) is 0 Å². The van der Waals surface area contributed by atoms with E-state index in [4.69, 9.17) is 0 Å². The highest BCUT2D eigenvalue weighted by molar-refractivity contribution is 5.94. The minimum Gasteiger partial charge on any atom is -0.336 e. The average Bonchev–Trinajstić information content (AvgIpc) is 3.30. The molecule has 2 aliphatic rings. The van der Waals surface area contributed by atoms with Gasteiger partial charge in [-0.25, -0.2) is 4.39 Å². The number of nitrogens with zero attached hydrogens (tertiary/aromatic N) is 2. The molecular weight excluding hydrogens is 255 g/mol. The number of benzene rings is 1. The van der Waals surface area contributed by atoms with Gasteiger partial charge in [0.05, 0.1) is 0 Å². The Labute approximate surface area is 119 Å². The third kappa shape index (κ3) is 2.85. The Morgan fingerprint density at radius 1 is 1.25 bits per heavy atom. The van der Waals surface area contributed by atoms with Gasteiger partial charge in [0.1, 0.15) is 5.82 Å². The molecule has 3 nitrogen and oxygen atoms in total. The molecule has 0 N–H and O–H groups in total. The zero-order valence-corrected chi connectivity index (χ0v) is 11.9. The molecule has 1 aromatic carbocycles. The molecule has 4 heteroatoms. The lowest BCUT2D eigenvalue weighted by atomic mass is 10.1. The van der Waals surface area contributed by atoms with Crippen LogP contribution in [0.25, 0.3) is 0 Å². The molecule has 1 atom stereocenters. The van der Waals surface area contributed by atoms with Crippen LogP contribution >= 0.6 is 0 Å². The fourth-order valence-electron chi connectivity index (χ4n) is 3.01. The van der Waals surface area contributed by atoms with Crippen LogP contribution in [0.3, 0.4) is 0 Å². The number of amides is 1. The molecule has 1 saturated heterocycles. The number of hydrogen-bond acceptors (Lipinski definition) is 2. The smallest absolute Gasteiger partial charge is 0.254 e. The Morgan fingerprint density at radius 2 is 1.95 bits per heavy atom. The van der Waals surface area contributed by atoms with Crippen molar-refractivity contribution < 1.29 is 9.18 Å². The molecule has 1 aliphatic carbocycles. The largest absolute Gasteiger partial charge is 0.336 e. The van der Waals surface area contributed by atoms with Crippen LogP contribution < -0.4 is 0 Å². The summed E-state index contributed by atoms with van der Waals surface area (Å²) in [5, 5.41) is 0. The Balaban J connectivity index is 1.58. The van der Waals surface area contributed by atoms with Crippen molar-refractivity contribution in [3.8, 4) is 0 Å². The minimum atomic E-state index is -0.350. The second kappa shape index (κ2) is 5.52. The van der Waals surface area contributed by atoms with E-state index in [0.29, 0.717) is 11.6 Å². The first-order valence-corrected chi connectivity index (χ1v) is 7.44. The number of piperazine rings is 1. The van der Waals surface area contributed by atoms with E-state index in [1.165, 1.54) is 25.0 Å². The molecule has 1 amide bonds.